The second kappa shape index (κ2) is 6.43. The number of aliphatic hydroxyl groups is 1. The van der Waals surface area contributed by atoms with Crippen LogP contribution in [0.3, 0.4) is 0 Å². The van der Waals surface area contributed by atoms with E-state index in [0.29, 0.717) is 18.0 Å². The minimum Gasteiger partial charge on any atom is -0.392 e. The Morgan fingerprint density at radius 2 is 1.96 bits per heavy atom. The van der Waals surface area contributed by atoms with E-state index < -0.39 is 0 Å². The van der Waals surface area contributed by atoms with E-state index in [1.807, 2.05) is 24.3 Å². The molecule has 1 heterocycles. The van der Waals surface area contributed by atoms with Gasteiger partial charge in [-0.15, -0.1) is 0 Å². The van der Waals surface area contributed by atoms with E-state index in [1.165, 1.54) is 5.56 Å². The minimum atomic E-state index is -0.313. The molecule has 0 aromatic heterocycles. The third-order valence-corrected chi connectivity index (χ3v) is 5.01. The van der Waals surface area contributed by atoms with Crippen LogP contribution in [-0.4, -0.2) is 23.1 Å². The first kappa shape index (κ1) is 16.0. The molecule has 0 spiro atoms. The van der Waals surface area contributed by atoms with Crippen molar-refractivity contribution < 1.29 is 10.0 Å². The van der Waals surface area contributed by atoms with Crippen molar-refractivity contribution in [1.29, 1.82) is 0 Å². The highest BCUT2D eigenvalue weighted by molar-refractivity contribution is 5.83. The van der Waals surface area contributed by atoms with Crippen LogP contribution >= 0.6 is 0 Å². The molecule has 0 unspecified atom stereocenters. The number of hydrogen-bond donors (Lipinski definition) is 2. The summed E-state index contributed by atoms with van der Waals surface area (Å²) in [5.41, 5.74) is 5.31. The maximum absolute atomic E-state index is 11.8. The summed E-state index contributed by atoms with van der Waals surface area (Å²) in [6.07, 6.45) is 4.29. The molecular weight excluding hydrogens is 316 g/mol. The molecule has 2 aromatic rings. The summed E-state index contributed by atoms with van der Waals surface area (Å²) in [6, 6.07) is 11.3. The Labute approximate surface area is 146 Å². The first-order chi connectivity index (χ1) is 12.2. The fourth-order valence-corrected chi connectivity index (χ4v) is 3.60. The zero-order chi connectivity index (χ0) is 17.4. The van der Waals surface area contributed by atoms with Crippen molar-refractivity contribution in [3.05, 3.63) is 69.3 Å². The standard InChI is InChI=1S/C20H20N2O3/c23-12-15-9-19(17-4-2-1-3-16(17)13-5-6-13)20(22(24)25)10-18(15)14-7-8-21-11-14/h1-4,7,9-10,13,21,23H,5-6,8,11-12H2. The van der Waals surface area contributed by atoms with Gasteiger partial charge in [-0.2, -0.15) is 0 Å². The second-order valence-electron chi connectivity index (χ2n) is 6.66. The van der Waals surface area contributed by atoms with Crippen LogP contribution in [0.5, 0.6) is 0 Å². The molecule has 5 nitrogen and oxygen atoms in total. The van der Waals surface area contributed by atoms with Crippen LogP contribution in [0.15, 0.2) is 42.5 Å². The van der Waals surface area contributed by atoms with Gasteiger partial charge >= 0.3 is 0 Å². The van der Waals surface area contributed by atoms with E-state index in [9.17, 15) is 15.2 Å². The molecule has 2 N–H and O–H groups in total. The van der Waals surface area contributed by atoms with Crippen molar-refractivity contribution in [3.8, 4) is 11.1 Å². The first-order valence-corrected chi connectivity index (χ1v) is 8.60. The van der Waals surface area contributed by atoms with Crippen molar-refractivity contribution in [3.63, 3.8) is 0 Å². The molecule has 0 amide bonds. The molecule has 5 heteroatoms. The van der Waals surface area contributed by atoms with E-state index >= 15 is 0 Å². The van der Waals surface area contributed by atoms with Crippen LogP contribution in [0.2, 0.25) is 0 Å². The predicted molar refractivity (Wildman–Crippen MR) is 97.3 cm³/mol. The number of aliphatic hydroxyl groups excluding tert-OH is 1. The summed E-state index contributed by atoms with van der Waals surface area (Å²) < 4.78 is 0. The Morgan fingerprint density at radius 1 is 1.16 bits per heavy atom. The van der Waals surface area contributed by atoms with Crippen LogP contribution in [0.1, 0.15) is 35.4 Å². The van der Waals surface area contributed by atoms with Crippen molar-refractivity contribution in [2.75, 3.05) is 13.1 Å². The number of rotatable bonds is 5. The number of hydrogen-bond acceptors (Lipinski definition) is 4. The number of nitrogens with one attached hydrogen (secondary N) is 1. The van der Waals surface area contributed by atoms with Crippen LogP contribution in [0.4, 0.5) is 5.69 Å². The fraction of sp³-hybridized carbons (Fsp3) is 0.300. The van der Waals surface area contributed by atoms with Gasteiger partial charge in [0, 0.05) is 19.2 Å². The molecule has 1 saturated carbocycles. The summed E-state index contributed by atoms with van der Waals surface area (Å²) in [5.74, 6) is 0.495. The molecule has 2 aliphatic rings. The average molecular weight is 336 g/mol. The lowest BCUT2D eigenvalue weighted by atomic mass is 9.90. The average Bonchev–Trinajstić information content (AvgIpc) is 3.34. The summed E-state index contributed by atoms with van der Waals surface area (Å²) >= 11 is 0. The number of nitrogens with zero attached hydrogens (tertiary/aromatic N) is 1. The number of nitro groups is 1. The molecule has 0 atom stereocenters. The number of benzene rings is 2. The highest BCUT2D eigenvalue weighted by Crippen LogP contribution is 2.46. The number of nitro benzene ring substituents is 1. The van der Waals surface area contributed by atoms with Gasteiger partial charge in [0.15, 0.2) is 0 Å². The Morgan fingerprint density at radius 3 is 2.60 bits per heavy atom. The van der Waals surface area contributed by atoms with E-state index in [-0.39, 0.29) is 17.2 Å². The molecular formula is C20H20N2O3. The summed E-state index contributed by atoms with van der Waals surface area (Å²) in [5, 5.41) is 24.8. The van der Waals surface area contributed by atoms with Crippen molar-refractivity contribution in [2.24, 2.45) is 0 Å². The highest BCUT2D eigenvalue weighted by Gasteiger charge is 2.29. The molecule has 1 aliphatic carbocycles. The van der Waals surface area contributed by atoms with Gasteiger partial charge in [-0.1, -0.05) is 30.3 Å². The van der Waals surface area contributed by atoms with Gasteiger partial charge in [-0.3, -0.25) is 10.1 Å². The lowest BCUT2D eigenvalue weighted by Gasteiger charge is -2.14. The topological polar surface area (TPSA) is 75.4 Å². The Balaban J connectivity index is 1.92. The van der Waals surface area contributed by atoms with Crippen LogP contribution in [0.25, 0.3) is 16.7 Å². The quantitative estimate of drug-likeness (QED) is 0.646. The zero-order valence-electron chi connectivity index (χ0n) is 13.9. The lowest BCUT2D eigenvalue weighted by molar-refractivity contribution is -0.384. The predicted octanol–water partition coefficient (Wildman–Crippen LogP) is 3.62. The van der Waals surface area contributed by atoms with Gasteiger partial charge in [0.25, 0.3) is 5.69 Å². The van der Waals surface area contributed by atoms with Gasteiger partial charge in [-0.25, -0.2) is 0 Å². The third kappa shape index (κ3) is 2.97. The van der Waals surface area contributed by atoms with E-state index in [2.05, 4.69) is 11.4 Å². The Hall–Kier alpha value is -2.50. The molecule has 128 valence electrons. The Kier molecular flexibility index (Phi) is 4.11. The van der Waals surface area contributed by atoms with Gasteiger partial charge < -0.3 is 10.4 Å². The largest absolute Gasteiger partial charge is 0.392 e. The van der Waals surface area contributed by atoms with Gasteiger partial charge in [0.2, 0.25) is 0 Å². The molecule has 0 radical (unpaired) electrons. The van der Waals surface area contributed by atoms with Gasteiger partial charge in [0.1, 0.15) is 0 Å². The van der Waals surface area contributed by atoms with Crippen molar-refractivity contribution in [1.82, 2.24) is 5.32 Å². The normalized spacial score (nSPS) is 16.8. The maximum atomic E-state index is 11.8. The summed E-state index contributed by atoms with van der Waals surface area (Å²) in [4.78, 5) is 11.5. The van der Waals surface area contributed by atoms with Gasteiger partial charge in [-0.05, 0) is 52.7 Å². The monoisotopic (exact) mass is 336 g/mol. The van der Waals surface area contributed by atoms with Crippen LogP contribution < -0.4 is 5.32 Å². The van der Waals surface area contributed by atoms with Crippen LogP contribution in [0, 0.1) is 10.1 Å². The summed E-state index contributed by atoms with van der Waals surface area (Å²) in [7, 11) is 0. The van der Waals surface area contributed by atoms with Crippen molar-refractivity contribution in [2.45, 2.75) is 25.4 Å². The first-order valence-electron chi connectivity index (χ1n) is 8.60. The molecule has 2 aromatic carbocycles. The van der Waals surface area contributed by atoms with E-state index in [1.54, 1.807) is 12.1 Å². The summed E-state index contributed by atoms with van der Waals surface area (Å²) in [6.45, 7) is 1.28. The molecule has 25 heavy (non-hydrogen) atoms. The van der Waals surface area contributed by atoms with Gasteiger partial charge in [0.05, 0.1) is 17.1 Å². The SMILES string of the molecule is O=[N+]([O-])c1cc(C2=CCNC2)c(CO)cc1-c1ccccc1C1CC1. The fourth-order valence-electron chi connectivity index (χ4n) is 3.60. The lowest BCUT2D eigenvalue weighted by Crippen LogP contribution is -2.09. The maximum Gasteiger partial charge on any atom is 0.277 e. The van der Waals surface area contributed by atoms with Crippen molar-refractivity contribution >= 4 is 11.3 Å². The van der Waals surface area contributed by atoms with E-state index in [0.717, 1.165) is 41.6 Å². The minimum absolute atomic E-state index is 0.105. The second-order valence-corrected chi connectivity index (χ2v) is 6.66. The Bertz CT molecular complexity index is 869. The van der Waals surface area contributed by atoms with E-state index in [4.69, 9.17) is 0 Å². The molecule has 1 aliphatic heterocycles. The smallest absolute Gasteiger partial charge is 0.277 e. The molecule has 0 bridgehead atoms. The molecule has 4 rings (SSSR count). The molecule has 1 fully saturated rings. The molecule has 0 saturated heterocycles. The third-order valence-electron chi connectivity index (χ3n) is 5.01. The zero-order valence-corrected chi connectivity index (χ0v) is 13.9. The van der Waals surface area contributed by atoms with Crippen LogP contribution in [-0.2, 0) is 6.61 Å². The highest BCUT2D eigenvalue weighted by atomic mass is 16.6.